The van der Waals surface area contributed by atoms with Crippen molar-refractivity contribution in [2.24, 2.45) is 0 Å². The van der Waals surface area contributed by atoms with Crippen molar-refractivity contribution in [3.05, 3.63) is 48.4 Å². The summed E-state index contributed by atoms with van der Waals surface area (Å²) < 4.78 is 0. The number of allylic oxidation sites excluding steroid dienone is 2. The first-order valence-electron chi connectivity index (χ1n) is 6.09. The monoisotopic (exact) mass is 518 g/mol. The minimum atomic E-state index is 0. The first-order valence-corrected chi connectivity index (χ1v) is 6.09. The summed E-state index contributed by atoms with van der Waals surface area (Å²) in [5.74, 6) is 0. The molecule has 1 rings (SSSR count). The van der Waals surface area contributed by atoms with Crippen LogP contribution in [0, 0.1) is 6.92 Å². The smallest absolute Gasteiger partial charge is 0.146 e. The Kier molecular flexibility index (Phi) is 61.3. The Balaban J connectivity index is -0.0000000559. The SMILES string of the molecule is C/C(C=O)=C(/C)c1ccccc1.CC.CO.[CH2-]C.[Y].[Y].[Y]. The van der Waals surface area contributed by atoms with Crippen molar-refractivity contribution in [3.63, 3.8) is 0 Å². The summed E-state index contributed by atoms with van der Waals surface area (Å²) >= 11 is 0. The van der Waals surface area contributed by atoms with E-state index in [0.29, 0.717) is 0 Å². The molecule has 0 spiro atoms. The molecule has 0 amide bonds. The number of rotatable bonds is 2. The molecule has 0 atom stereocenters. The predicted octanol–water partition coefficient (Wildman–Crippen LogP) is 4.15. The van der Waals surface area contributed by atoms with E-state index in [4.69, 9.17) is 5.11 Å². The largest absolute Gasteiger partial charge is 0.400 e. The Bertz CT molecular complexity index is 313. The summed E-state index contributed by atoms with van der Waals surface area (Å²) in [6.45, 7) is 12.8. The Hall–Kier alpha value is 1.90. The maximum atomic E-state index is 10.5. The van der Waals surface area contributed by atoms with E-state index in [1.165, 1.54) is 0 Å². The number of carbonyl (C=O) groups excluding carboxylic acids is 1. The molecule has 0 heterocycles. The summed E-state index contributed by atoms with van der Waals surface area (Å²) in [5.41, 5.74) is 2.95. The van der Waals surface area contributed by atoms with Crippen LogP contribution in [0.1, 0.15) is 40.2 Å². The van der Waals surface area contributed by atoms with Crippen molar-refractivity contribution >= 4 is 11.9 Å². The Morgan fingerprint density at radius 1 is 0.952 bits per heavy atom. The van der Waals surface area contributed by atoms with E-state index in [9.17, 15) is 4.79 Å². The van der Waals surface area contributed by atoms with E-state index in [-0.39, 0.29) is 98.1 Å². The molecule has 2 nitrogen and oxygen atoms in total. The van der Waals surface area contributed by atoms with Crippen molar-refractivity contribution in [1.29, 1.82) is 0 Å². The van der Waals surface area contributed by atoms with Crippen molar-refractivity contribution in [2.45, 2.75) is 34.6 Å². The van der Waals surface area contributed by atoms with Crippen LogP contribution in [0.25, 0.3) is 5.57 Å². The summed E-state index contributed by atoms with van der Waals surface area (Å²) in [7, 11) is 1.00. The molecule has 0 aliphatic rings. The molecular formula is C16H27O2Y3-. The van der Waals surface area contributed by atoms with Crippen LogP contribution in [-0.2, 0) is 103 Å². The first kappa shape index (κ1) is 38.5. The summed E-state index contributed by atoms with van der Waals surface area (Å²) in [5, 5.41) is 7.00. The van der Waals surface area contributed by atoms with Gasteiger partial charge in [0.05, 0.1) is 0 Å². The molecule has 1 aromatic rings. The molecule has 5 heteroatoms. The van der Waals surface area contributed by atoms with Crippen LogP contribution in [0.3, 0.4) is 0 Å². The van der Waals surface area contributed by atoms with Crippen LogP contribution >= 0.6 is 0 Å². The van der Waals surface area contributed by atoms with Gasteiger partial charge in [0.2, 0.25) is 0 Å². The summed E-state index contributed by atoms with van der Waals surface area (Å²) in [6, 6.07) is 9.91. The van der Waals surface area contributed by atoms with Gasteiger partial charge in [0.1, 0.15) is 6.29 Å². The molecule has 3 radical (unpaired) electrons. The van der Waals surface area contributed by atoms with E-state index in [1.54, 1.807) is 6.92 Å². The topological polar surface area (TPSA) is 37.3 Å². The first-order chi connectivity index (χ1) is 8.75. The van der Waals surface area contributed by atoms with Crippen molar-refractivity contribution in [2.75, 3.05) is 7.11 Å². The molecule has 21 heavy (non-hydrogen) atoms. The zero-order chi connectivity index (χ0) is 15.0. The third-order valence-electron chi connectivity index (χ3n) is 1.98. The van der Waals surface area contributed by atoms with Gasteiger partial charge < -0.3 is 12.0 Å². The Morgan fingerprint density at radius 3 is 1.57 bits per heavy atom. The van der Waals surface area contributed by atoms with Crippen LogP contribution in [0.5, 0.6) is 0 Å². The second kappa shape index (κ2) is 33.5. The van der Waals surface area contributed by atoms with Crippen LogP contribution in [-0.4, -0.2) is 18.5 Å². The molecule has 0 aliphatic heterocycles. The van der Waals surface area contributed by atoms with Gasteiger partial charge in [0, 0.05) is 105 Å². The van der Waals surface area contributed by atoms with Gasteiger partial charge in [-0.25, -0.2) is 0 Å². The number of aldehydes is 1. The van der Waals surface area contributed by atoms with Crippen molar-refractivity contribution < 1.29 is 108 Å². The van der Waals surface area contributed by atoms with Crippen LogP contribution in [0.15, 0.2) is 35.9 Å². The van der Waals surface area contributed by atoms with E-state index in [2.05, 4.69) is 6.92 Å². The molecule has 0 aliphatic carbocycles. The molecule has 0 saturated heterocycles. The number of aliphatic hydroxyl groups is 1. The van der Waals surface area contributed by atoms with E-state index in [0.717, 1.165) is 30.1 Å². The molecular weight excluding hydrogens is 491 g/mol. The number of benzene rings is 1. The van der Waals surface area contributed by atoms with E-state index >= 15 is 0 Å². The molecule has 0 unspecified atom stereocenters. The van der Waals surface area contributed by atoms with Crippen LogP contribution in [0.2, 0.25) is 0 Å². The van der Waals surface area contributed by atoms with E-state index < -0.39 is 0 Å². The minimum absolute atomic E-state index is 0. The van der Waals surface area contributed by atoms with Gasteiger partial charge in [-0.3, -0.25) is 4.79 Å². The van der Waals surface area contributed by atoms with E-state index in [1.807, 2.05) is 58.0 Å². The third kappa shape index (κ3) is 21.9. The maximum Gasteiger partial charge on any atom is 0.146 e. The quantitative estimate of drug-likeness (QED) is 0.363. The summed E-state index contributed by atoms with van der Waals surface area (Å²) in [4.78, 5) is 10.5. The number of carbonyl (C=O) groups is 1. The second-order valence-electron chi connectivity index (χ2n) is 2.79. The molecule has 0 aromatic heterocycles. The molecule has 0 saturated carbocycles. The Labute approximate surface area is 207 Å². The van der Waals surface area contributed by atoms with Crippen molar-refractivity contribution in [1.82, 2.24) is 0 Å². The third-order valence-corrected chi connectivity index (χ3v) is 1.98. The average Bonchev–Trinajstić information content (AvgIpc) is 2.52. The fraction of sp³-hybridized carbons (Fsp3) is 0.375. The minimum Gasteiger partial charge on any atom is -0.400 e. The van der Waals surface area contributed by atoms with Crippen LogP contribution in [0.4, 0.5) is 0 Å². The molecule has 0 fully saturated rings. The standard InChI is InChI=1S/C11H12O.C2H6.C2H5.CH4O.3Y/c1-9(8-12)10(2)11-6-4-3-5-7-11;3*1-2;;;/h3-8H,1-2H3;1-2H3;1H2,2H3;2H,1H3;;;/q;;-1;;;;/b10-9+;;;;;;. The molecule has 1 aromatic carbocycles. The number of hydrogen-bond acceptors (Lipinski definition) is 2. The predicted molar refractivity (Wildman–Crippen MR) is 81.3 cm³/mol. The van der Waals surface area contributed by atoms with Crippen molar-refractivity contribution in [3.8, 4) is 0 Å². The second-order valence-corrected chi connectivity index (χ2v) is 2.79. The van der Waals surface area contributed by atoms with Gasteiger partial charge in [-0.15, -0.1) is 0 Å². The zero-order valence-corrected chi connectivity index (χ0v) is 22.8. The summed E-state index contributed by atoms with van der Waals surface area (Å²) in [6.07, 6.45) is 0.891. The fourth-order valence-electron chi connectivity index (χ4n) is 1.00. The van der Waals surface area contributed by atoms with Gasteiger partial charge in [-0.2, -0.15) is 6.92 Å². The van der Waals surface area contributed by atoms with Crippen LogP contribution < -0.4 is 0 Å². The fourth-order valence-corrected chi connectivity index (χ4v) is 1.00. The molecule has 113 valence electrons. The zero-order valence-electron chi connectivity index (χ0n) is 14.3. The van der Waals surface area contributed by atoms with Gasteiger partial charge in [-0.05, 0) is 30.6 Å². The molecule has 0 bridgehead atoms. The Morgan fingerprint density at radius 2 is 1.29 bits per heavy atom. The number of aliphatic hydroxyl groups excluding tert-OH is 1. The number of hydrogen-bond donors (Lipinski definition) is 1. The van der Waals surface area contributed by atoms with Gasteiger partial charge in [0.25, 0.3) is 0 Å². The van der Waals surface area contributed by atoms with Gasteiger partial charge >= 0.3 is 0 Å². The van der Waals surface area contributed by atoms with Gasteiger partial charge in [0.15, 0.2) is 0 Å². The normalized spacial score (nSPS) is 7.81. The maximum absolute atomic E-state index is 10.5. The average molecular weight is 518 g/mol. The van der Waals surface area contributed by atoms with Gasteiger partial charge in [-0.1, -0.05) is 44.2 Å². The molecule has 1 N–H and O–H groups in total.